The lowest BCUT2D eigenvalue weighted by molar-refractivity contribution is 0.0696. The van der Waals surface area contributed by atoms with Crippen molar-refractivity contribution in [1.82, 2.24) is 4.98 Å². The number of aromatic carboxylic acids is 1. The van der Waals surface area contributed by atoms with E-state index in [1.807, 2.05) is 0 Å². The zero-order chi connectivity index (χ0) is 15.6. The molecular weight excluding hydrogens is 367 g/mol. The fourth-order valence-corrected chi connectivity index (χ4v) is 3.04. The maximum atomic E-state index is 13.6. The normalized spacial score (nSPS) is 11.1. The van der Waals surface area contributed by atoms with Crippen molar-refractivity contribution in [3.05, 3.63) is 52.4 Å². The van der Waals surface area contributed by atoms with Gasteiger partial charge >= 0.3 is 5.97 Å². The molecule has 9 heteroatoms. The van der Waals surface area contributed by atoms with Gasteiger partial charge in [0.05, 0.1) is 11.3 Å². The standard InChI is InChI=1S/C12H8BrFN2O4S/c13-8-2-1-3-9(14)11(8)16-21(19,20)10-5-4-7(6-15-10)12(17)18/h1-6,16H,(H,17,18). The van der Waals surface area contributed by atoms with E-state index in [0.717, 1.165) is 24.4 Å². The van der Waals surface area contributed by atoms with Crippen molar-refractivity contribution >= 4 is 37.6 Å². The molecule has 1 aromatic carbocycles. The Morgan fingerprint density at radius 3 is 2.52 bits per heavy atom. The fourth-order valence-electron chi connectivity index (χ4n) is 1.45. The molecule has 0 aliphatic rings. The van der Waals surface area contributed by atoms with Crippen LogP contribution in [0.25, 0.3) is 0 Å². The predicted octanol–water partition coefficient (Wildman–Crippen LogP) is 2.48. The summed E-state index contributed by atoms with van der Waals surface area (Å²) in [6.45, 7) is 0. The summed E-state index contributed by atoms with van der Waals surface area (Å²) in [5.74, 6) is -1.98. The van der Waals surface area contributed by atoms with Crippen LogP contribution < -0.4 is 4.72 Å². The summed E-state index contributed by atoms with van der Waals surface area (Å²) in [5, 5.41) is 8.31. The van der Waals surface area contributed by atoms with Crippen LogP contribution in [-0.4, -0.2) is 24.5 Å². The van der Waals surface area contributed by atoms with Gasteiger partial charge in [-0.3, -0.25) is 4.72 Å². The van der Waals surface area contributed by atoms with E-state index in [4.69, 9.17) is 5.11 Å². The Hall–Kier alpha value is -2.00. The second-order valence-corrected chi connectivity index (χ2v) is 6.38. The van der Waals surface area contributed by atoms with Gasteiger partial charge in [-0.1, -0.05) is 6.07 Å². The zero-order valence-electron chi connectivity index (χ0n) is 10.2. The average molecular weight is 375 g/mol. The second kappa shape index (κ2) is 5.78. The van der Waals surface area contributed by atoms with Crippen molar-refractivity contribution in [2.24, 2.45) is 0 Å². The summed E-state index contributed by atoms with van der Waals surface area (Å²) in [4.78, 5) is 14.2. The minimum absolute atomic E-state index is 0.152. The summed E-state index contributed by atoms with van der Waals surface area (Å²) in [6.07, 6.45) is 0.910. The number of carbonyl (C=O) groups is 1. The molecule has 0 saturated carbocycles. The number of carboxylic acids is 1. The van der Waals surface area contributed by atoms with Crippen molar-refractivity contribution in [3.63, 3.8) is 0 Å². The first kappa shape index (κ1) is 15.4. The van der Waals surface area contributed by atoms with E-state index >= 15 is 0 Å². The molecule has 0 aliphatic heterocycles. The highest BCUT2D eigenvalue weighted by molar-refractivity contribution is 9.10. The number of sulfonamides is 1. The molecule has 2 aromatic rings. The second-order valence-electron chi connectivity index (χ2n) is 3.89. The molecule has 6 nitrogen and oxygen atoms in total. The minimum Gasteiger partial charge on any atom is -0.478 e. The number of rotatable bonds is 4. The third kappa shape index (κ3) is 3.37. The van der Waals surface area contributed by atoms with Gasteiger partial charge in [-0.15, -0.1) is 0 Å². The van der Waals surface area contributed by atoms with Gasteiger partial charge in [-0.25, -0.2) is 14.2 Å². The smallest absolute Gasteiger partial charge is 0.337 e. The first-order chi connectivity index (χ1) is 9.81. The number of aromatic nitrogens is 1. The van der Waals surface area contributed by atoms with E-state index in [9.17, 15) is 17.6 Å². The van der Waals surface area contributed by atoms with Gasteiger partial charge in [0.1, 0.15) is 5.82 Å². The molecule has 2 rings (SSSR count). The molecular formula is C12H8BrFN2O4S. The molecule has 1 heterocycles. The van der Waals surface area contributed by atoms with Gasteiger partial charge in [0.2, 0.25) is 0 Å². The van der Waals surface area contributed by atoms with Gasteiger partial charge in [-0.2, -0.15) is 8.42 Å². The summed E-state index contributed by atoms with van der Waals surface area (Å²) < 4.78 is 40.1. The monoisotopic (exact) mass is 374 g/mol. The maximum absolute atomic E-state index is 13.6. The number of benzene rings is 1. The van der Waals surface area contributed by atoms with E-state index in [2.05, 4.69) is 25.6 Å². The van der Waals surface area contributed by atoms with Gasteiger partial charge in [0.25, 0.3) is 10.0 Å². The van der Waals surface area contributed by atoms with E-state index in [-0.39, 0.29) is 15.7 Å². The molecule has 0 radical (unpaired) electrons. The average Bonchev–Trinajstić information content (AvgIpc) is 2.43. The first-order valence-electron chi connectivity index (χ1n) is 5.47. The van der Waals surface area contributed by atoms with E-state index in [1.54, 1.807) is 0 Å². The number of carboxylic acid groups (broad SMARTS) is 1. The Morgan fingerprint density at radius 2 is 2.00 bits per heavy atom. The summed E-state index contributed by atoms with van der Waals surface area (Å²) >= 11 is 3.04. The largest absolute Gasteiger partial charge is 0.478 e. The first-order valence-corrected chi connectivity index (χ1v) is 7.75. The molecule has 0 amide bonds. The topological polar surface area (TPSA) is 96.4 Å². The number of hydrogen-bond donors (Lipinski definition) is 2. The van der Waals surface area contributed by atoms with Crippen LogP contribution in [0.2, 0.25) is 0 Å². The number of nitrogens with zero attached hydrogens (tertiary/aromatic N) is 1. The number of nitrogens with one attached hydrogen (secondary N) is 1. The molecule has 110 valence electrons. The van der Waals surface area contributed by atoms with Gasteiger partial charge in [0, 0.05) is 10.7 Å². The number of hydrogen-bond acceptors (Lipinski definition) is 4. The molecule has 0 fully saturated rings. The lowest BCUT2D eigenvalue weighted by atomic mass is 10.3. The quantitative estimate of drug-likeness (QED) is 0.856. The molecule has 0 atom stereocenters. The van der Waals surface area contributed by atoms with Crippen molar-refractivity contribution in [1.29, 1.82) is 0 Å². The van der Waals surface area contributed by atoms with Crippen molar-refractivity contribution < 1.29 is 22.7 Å². The van der Waals surface area contributed by atoms with Crippen molar-refractivity contribution in [2.45, 2.75) is 5.03 Å². The molecule has 0 aliphatic carbocycles. The van der Waals surface area contributed by atoms with Crippen LogP contribution in [-0.2, 0) is 10.0 Å². The highest BCUT2D eigenvalue weighted by atomic mass is 79.9. The predicted molar refractivity (Wildman–Crippen MR) is 76.1 cm³/mol. The third-order valence-electron chi connectivity index (χ3n) is 2.46. The number of para-hydroxylation sites is 1. The molecule has 2 N–H and O–H groups in total. The highest BCUT2D eigenvalue weighted by Gasteiger charge is 2.20. The van der Waals surface area contributed by atoms with Crippen molar-refractivity contribution in [3.8, 4) is 0 Å². The molecule has 0 bridgehead atoms. The molecule has 1 aromatic heterocycles. The van der Waals surface area contributed by atoms with Gasteiger partial charge < -0.3 is 5.11 Å². The minimum atomic E-state index is -4.12. The molecule has 0 saturated heterocycles. The Morgan fingerprint density at radius 1 is 1.29 bits per heavy atom. The SMILES string of the molecule is O=C(O)c1ccc(S(=O)(=O)Nc2c(F)cccc2Br)nc1. The van der Waals surface area contributed by atoms with Gasteiger partial charge in [-0.05, 0) is 40.2 Å². The lowest BCUT2D eigenvalue weighted by Gasteiger charge is -2.10. The van der Waals surface area contributed by atoms with E-state index in [0.29, 0.717) is 0 Å². The molecule has 0 unspecified atom stereocenters. The van der Waals surface area contributed by atoms with Gasteiger partial charge in [0.15, 0.2) is 5.03 Å². The Kier molecular flexibility index (Phi) is 4.24. The number of anilines is 1. The van der Waals surface area contributed by atoms with Crippen LogP contribution in [0.15, 0.2) is 46.0 Å². The van der Waals surface area contributed by atoms with Crippen LogP contribution in [0.4, 0.5) is 10.1 Å². The Balaban J connectivity index is 2.36. The van der Waals surface area contributed by atoms with E-state index < -0.39 is 26.8 Å². The van der Waals surface area contributed by atoms with Crippen LogP contribution in [0.3, 0.4) is 0 Å². The maximum Gasteiger partial charge on any atom is 0.337 e. The van der Waals surface area contributed by atoms with Crippen LogP contribution in [0.1, 0.15) is 10.4 Å². The van der Waals surface area contributed by atoms with Crippen LogP contribution in [0.5, 0.6) is 0 Å². The highest BCUT2D eigenvalue weighted by Crippen LogP contribution is 2.27. The number of pyridine rings is 1. The summed E-state index contributed by atoms with van der Waals surface area (Å²) in [6, 6.07) is 6.11. The van der Waals surface area contributed by atoms with Crippen LogP contribution in [0, 0.1) is 5.82 Å². The Labute approximate surface area is 127 Å². The molecule has 0 spiro atoms. The number of halogens is 2. The Bertz CT molecular complexity index is 773. The fraction of sp³-hybridized carbons (Fsp3) is 0. The lowest BCUT2D eigenvalue weighted by Crippen LogP contribution is -2.16. The third-order valence-corrected chi connectivity index (χ3v) is 4.38. The summed E-state index contributed by atoms with van der Waals surface area (Å²) in [5.41, 5.74) is -0.400. The van der Waals surface area contributed by atoms with Crippen LogP contribution >= 0.6 is 15.9 Å². The van der Waals surface area contributed by atoms with Crippen molar-refractivity contribution in [2.75, 3.05) is 4.72 Å². The zero-order valence-corrected chi connectivity index (χ0v) is 12.6. The summed E-state index contributed by atoms with van der Waals surface area (Å²) in [7, 11) is -4.12. The molecule has 21 heavy (non-hydrogen) atoms. The van der Waals surface area contributed by atoms with E-state index in [1.165, 1.54) is 12.1 Å².